The number of rotatable bonds is 2. The van der Waals surface area contributed by atoms with E-state index in [4.69, 9.17) is 0 Å². The highest BCUT2D eigenvalue weighted by atomic mass is 16.2. The van der Waals surface area contributed by atoms with Crippen molar-refractivity contribution in [2.75, 3.05) is 26.2 Å². The number of hydrogen-bond donors (Lipinski definition) is 1. The van der Waals surface area contributed by atoms with E-state index in [1.54, 1.807) is 0 Å². The predicted molar refractivity (Wildman–Crippen MR) is 81.2 cm³/mol. The molecular formula is C16H20N4O. The molecule has 0 aliphatic carbocycles. The van der Waals surface area contributed by atoms with Gasteiger partial charge in [0, 0.05) is 18.5 Å². The molecule has 1 aromatic heterocycles. The fourth-order valence-electron chi connectivity index (χ4n) is 3.50. The molecule has 0 saturated carbocycles. The van der Waals surface area contributed by atoms with Crippen LogP contribution in [0.2, 0.25) is 0 Å². The molecule has 1 fully saturated rings. The van der Waals surface area contributed by atoms with Gasteiger partial charge in [-0.3, -0.25) is 9.48 Å². The molecule has 5 heteroatoms. The Bertz CT molecular complexity index is 672. The minimum absolute atomic E-state index is 0.139. The number of amides is 1. The van der Waals surface area contributed by atoms with E-state index in [1.807, 2.05) is 33.8 Å². The van der Waals surface area contributed by atoms with Crippen LogP contribution in [0.5, 0.6) is 0 Å². The topological polar surface area (TPSA) is 50.2 Å². The van der Waals surface area contributed by atoms with E-state index in [9.17, 15) is 4.79 Å². The second-order valence-corrected chi connectivity index (χ2v) is 6.05. The number of fused-ring (bicyclic) bond motifs is 3. The molecule has 2 aliphatic rings. The Kier molecular flexibility index (Phi) is 3.15. The van der Waals surface area contributed by atoms with Gasteiger partial charge in [0.15, 0.2) is 0 Å². The summed E-state index contributed by atoms with van der Waals surface area (Å²) in [5, 5.41) is 8.95. The SMILES string of the molecule is O=C1c2c3ccccc3nn2CCN1CC1CCCNC1. The minimum atomic E-state index is 0.139. The van der Waals surface area contributed by atoms with Gasteiger partial charge in [-0.05, 0) is 37.9 Å². The van der Waals surface area contributed by atoms with Gasteiger partial charge in [-0.15, -0.1) is 0 Å². The van der Waals surface area contributed by atoms with Crippen LogP contribution in [0.25, 0.3) is 10.9 Å². The van der Waals surface area contributed by atoms with E-state index in [1.165, 1.54) is 12.8 Å². The normalized spacial score (nSPS) is 22.6. The molecule has 0 radical (unpaired) electrons. The standard InChI is InChI=1S/C16H20N4O/c21-16-15-13-5-1-2-6-14(13)18-20(15)9-8-19(16)11-12-4-3-7-17-10-12/h1-2,5-6,12,17H,3-4,7-11H2. The zero-order valence-corrected chi connectivity index (χ0v) is 12.1. The Morgan fingerprint density at radius 1 is 1.29 bits per heavy atom. The monoisotopic (exact) mass is 284 g/mol. The molecule has 5 nitrogen and oxygen atoms in total. The van der Waals surface area contributed by atoms with E-state index in [0.29, 0.717) is 5.92 Å². The first-order valence-corrected chi connectivity index (χ1v) is 7.78. The summed E-state index contributed by atoms with van der Waals surface area (Å²) in [5.74, 6) is 0.726. The molecule has 2 aromatic rings. The lowest BCUT2D eigenvalue weighted by Gasteiger charge is -2.32. The Morgan fingerprint density at radius 2 is 2.19 bits per heavy atom. The molecule has 1 atom stereocenters. The van der Waals surface area contributed by atoms with E-state index in [2.05, 4.69) is 10.4 Å². The van der Waals surface area contributed by atoms with Crippen molar-refractivity contribution in [1.82, 2.24) is 20.0 Å². The van der Waals surface area contributed by atoms with Crippen molar-refractivity contribution in [1.29, 1.82) is 0 Å². The summed E-state index contributed by atoms with van der Waals surface area (Å²) in [7, 11) is 0. The number of carbonyl (C=O) groups excluding carboxylic acids is 1. The summed E-state index contributed by atoms with van der Waals surface area (Å²) in [6, 6.07) is 7.92. The molecule has 1 amide bonds. The number of nitrogens with one attached hydrogen (secondary N) is 1. The number of aromatic nitrogens is 2. The number of carbonyl (C=O) groups is 1. The van der Waals surface area contributed by atoms with Crippen molar-refractivity contribution in [3.05, 3.63) is 30.0 Å². The highest BCUT2D eigenvalue weighted by Crippen LogP contribution is 2.24. The lowest BCUT2D eigenvalue weighted by Crippen LogP contribution is -2.45. The van der Waals surface area contributed by atoms with Gasteiger partial charge in [0.25, 0.3) is 5.91 Å². The summed E-state index contributed by atoms with van der Waals surface area (Å²) in [6.07, 6.45) is 2.43. The average Bonchev–Trinajstić information content (AvgIpc) is 2.90. The summed E-state index contributed by atoms with van der Waals surface area (Å²) in [4.78, 5) is 14.8. The summed E-state index contributed by atoms with van der Waals surface area (Å²) in [6.45, 7) is 4.59. The van der Waals surface area contributed by atoms with E-state index in [-0.39, 0.29) is 5.91 Å². The molecule has 1 unspecified atom stereocenters. The largest absolute Gasteiger partial charge is 0.335 e. The lowest BCUT2D eigenvalue weighted by atomic mass is 9.98. The maximum atomic E-state index is 12.8. The highest BCUT2D eigenvalue weighted by Gasteiger charge is 2.29. The Balaban J connectivity index is 1.61. The van der Waals surface area contributed by atoms with Crippen molar-refractivity contribution in [2.45, 2.75) is 19.4 Å². The zero-order valence-electron chi connectivity index (χ0n) is 12.1. The van der Waals surface area contributed by atoms with Gasteiger partial charge in [0.2, 0.25) is 0 Å². The first-order chi connectivity index (χ1) is 10.3. The van der Waals surface area contributed by atoms with Crippen LogP contribution in [-0.2, 0) is 6.54 Å². The molecule has 1 N–H and O–H groups in total. The van der Waals surface area contributed by atoms with Crippen LogP contribution >= 0.6 is 0 Å². The Morgan fingerprint density at radius 3 is 3.05 bits per heavy atom. The second kappa shape index (κ2) is 5.15. The van der Waals surface area contributed by atoms with E-state index < -0.39 is 0 Å². The van der Waals surface area contributed by atoms with E-state index >= 15 is 0 Å². The smallest absolute Gasteiger partial charge is 0.272 e. The third-order valence-corrected chi connectivity index (χ3v) is 4.59. The summed E-state index contributed by atoms with van der Waals surface area (Å²) in [5.41, 5.74) is 1.68. The molecule has 110 valence electrons. The van der Waals surface area contributed by atoms with Gasteiger partial charge >= 0.3 is 0 Å². The number of benzene rings is 1. The zero-order chi connectivity index (χ0) is 14.2. The molecule has 1 aromatic carbocycles. The second-order valence-electron chi connectivity index (χ2n) is 6.05. The van der Waals surface area contributed by atoms with Crippen molar-refractivity contribution in [3.8, 4) is 0 Å². The molecule has 2 aliphatic heterocycles. The summed E-state index contributed by atoms with van der Waals surface area (Å²) < 4.78 is 1.88. The quantitative estimate of drug-likeness (QED) is 0.909. The maximum absolute atomic E-state index is 12.8. The molecule has 0 spiro atoms. The lowest BCUT2D eigenvalue weighted by molar-refractivity contribution is 0.0659. The molecule has 21 heavy (non-hydrogen) atoms. The van der Waals surface area contributed by atoms with Crippen molar-refractivity contribution >= 4 is 16.8 Å². The molecule has 4 rings (SSSR count). The van der Waals surface area contributed by atoms with Crippen LogP contribution in [0.15, 0.2) is 24.3 Å². The van der Waals surface area contributed by atoms with Crippen LogP contribution in [-0.4, -0.2) is 46.8 Å². The molecular weight excluding hydrogens is 264 g/mol. The van der Waals surface area contributed by atoms with Crippen molar-refractivity contribution in [3.63, 3.8) is 0 Å². The Hall–Kier alpha value is -1.88. The van der Waals surface area contributed by atoms with Gasteiger partial charge in [0.1, 0.15) is 5.69 Å². The maximum Gasteiger partial charge on any atom is 0.272 e. The average molecular weight is 284 g/mol. The van der Waals surface area contributed by atoms with Crippen molar-refractivity contribution < 1.29 is 4.79 Å². The van der Waals surface area contributed by atoms with E-state index in [0.717, 1.165) is 49.3 Å². The highest BCUT2D eigenvalue weighted by molar-refractivity contribution is 6.05. The van der Waals surface area contributed by atoms with Gasteiger partial charge < -0.3 is 10.2 Å². The minimum Gasteiger partial charge on any atom is -0.335 e. The number of hydrogen-bond acceptors (Lipinski definition) is 3. The van der Waals surface area contributed by atoms with Gasteiger partial charge in [-0.2, -0.15) is 5.10 Å². The van der Waals surface area contributed by atoms with Crippen LogP contribution in [0, 0.1) is 5.92 Å². The summed E-state index contributed by atoms with van der Waals surface area (Å²) >= 11 is 0. The van der Waals surface area contributed by atoms with Crippen LogP contribution in [0.3, 0.4) is 0 Å². The third-order valence-electron chi connectivity index (χ3n) is 4.59. The predicted octanol–water partition coefficient (Wildman–Crippen LogP) is 1.49. The first-order valence-electron chi connectivity index (χ1n) is 7.78. The van der Waals surface area contributed by atoms with Crippen molar-refractivity contribution in [2.24, 2.45) is 5.92 Å². The van der Waals surface area contributed by atoms with Gasteiger partial charge in [-0.1, -0.05) is 18.2 Å². The fourth-order valence-corrected chi connectivity index (χ4v) is 3.50. The van der Waals surface area contributed by atoms with Gasteiger partial charge in [0.05, 0.1) is 12.1 Å². The number of nitrogens with zero attached hydrogens (tertiary/aromatic N) is 3. The van der Waals surface area contributed by atoms with Gasteiger partial charge in [-0.25, -0.2) is 0 Å². The molecule has 3 heterocycles. The molecule has 1 saturated heterocycles. The van der Waals surface area contributed by atoms with Crippen LogP contribution in [0.4, 0.5) is 0 Å². The first kappa shape index (κ1) is 12.8. The third kappa shape index (κ3) is 2.21. The van der Waals surface area contributed by atoms with Crippen LogP contribution in [0.1, 0.15) is 23.3 Å². The fraction of sp³-hybridized carbons (Fsp3) is 0.500. The Labute approximate surface area is 123 Å². The number of piperidine rings is 1. The molecule has 0 bridgehead atoms. The van der Waals surface area contributed by atoms with Crippen LogP contribution < -0.4 is 5.32 Å².